The molecule has 5 nitrogen and oxygen atoms in total. The largest absolute Gasteiger partial charge is 0.294 e. The minimum atomic E-state index is -0.0777. The van der Waals surface area contributed by atoms with E-state index < -0.39 is 0 Å². The Bertz CT molecular complexity index is 710. The van der Waals surface area contributed by atoms with E-state index in [9.17, 15) is 4.79 Å². The van der Waals surface area contributed by atoms with Crippen LogP contribution in [0.25, 0.3) is 11.4 Å². The zero-order valence-electron chi connectivity index (χ0n) is 13.0. The van der Waals surface area contributed by atoms with E-state index >= 15 is 0 Å². The quantitative estimate of drug-likeness (QED) is 0.807. The topological polar surface area (TPSA) is 60.7 Å². The van der Waals surface area contributed by atoms with Crippen molar-refractivity contribution in [1.29, 1.82) is 0 Å². The van der Waals surface area contributed by atoms with E-state index in [4.69, 9.17) is 0 Å². The second-order valence-corrected chi connectivity index (χ2v) is 6.65. The van der Waals surface area contributed by atoms with Gasteiger partial charge in [0.25, 0.3) is 0 Å². The van der Waals surface area contributed by atoms with Gasteiger partial charge in [0.15, 0.2) is 11.6 Å². The molecule has 3 rings (SSSR count). The fourth-order valence-electron chi connectivity index (χ4n) is 2.73. The zero-order chi connectivity index (χ0) is 15.2. The molecular weight excluding hydrogens is 264 g/mol. The van der Waals surface area contributed by atoms with Gasteiger partial charge in [-0.1, -0.05) is 20.8 Å². The lowest BCUT2D eigenvalue weighted by Crippen LogP contribution is -2.16. The lowest BCUT2D eigenvalue weighted by molar-refractivity contribution is 0.0971. The van der Waals surface area contributed by atoms with Crippen molar-refractivity contribution in [2.24, 2.45) is 7.05 Å². The molecular formula is C16H20N4O. The van der Waals surface area contributed by atoms with Gasteiger partial charge in [0.05, 0.1) is 22.5 Å². The van der Waals surface area contributed by atoms with Crippen LogP contribution in [0.5, 0.6) is 0 Å². The van der Waals surface area contributed by atoms with Crippen molar-refractivity contribution in [2.75, 3.05) is 0 Å². The molecule has 110 valence electrons. The summed E-state index contributed by atoms with van der Waals surface area (Å²) in [6, 6.07) is 0. The van der Waals surface area contributed by atoms with E-state index in [-0.39, 0.29) is 11.2 Å². The maximum absolute atomic E-state index is 11.9. The molecule has 2 aromatic heterocycles. The summed E-state index contributed by atoms with van der Waals surface area (Å²) in [4.78, 5) is 20.9. The van der Waals surface area contributed by atoms with Crippen LogP contribution in [0.2, 0.25) is 0 Å². The van der Waals surface area contributed by atoms with Gasteiger partial charge in [0, 0.05) is 31.3 Å². The maximum Gasteiger partial charge on any atom is 0.166 e. The average molecular weight is 284 g/mol. The molecule has 0 bridgehead atoms. The average Bonchev–Trinajstić information content (AvgIpc) is 2.81. The predicted molar refractivity (Wildman–Crippen MR) is 80.2 cm³/mol. The molecule has 5 heteroatoms. The standard InChI is InChI=1S/C16H20N4O/c1-16(2,3)14-11(9-20(4)19-14)15-17-8-10-12(18-15)6-5-7-13(10)21/h8-9H,5-7H2,1-4H3. The molecule has 0 saturated heterocycles. The Hall–Kier alpha value is -2.04. The maximum atomic E-state index is 11.9. The number of hydrogen-bond acceptors (Lipinski definition) is 4. The number of rotatable bonds is 1. The van der Waals surface area contributed by atoms with Crippen LogP contribution in [0.1, 0.15) is 55.4 Å². The van der Waals surface area contributed by atoms with Crippen LogP contribution in [-0.4, -0.2) is 25.5 Å². The van der Waals surface area contributed by atoms with Gasteiger partial charge in [0.1, 0.15) is 0 Å². The molecule has 0 radical (unpaired) electrons. The van der Waals surface area contributed by atoms with Crippen LogP contribution < -0.4 is 0 Å². The molecule has 0 spiro atoms. The van der Waals surface area contributed by atoms with Crippen molar-refractivity contribution >= 4 is 5.78 Å². The third-order valence-electron chi connectivity index (χ3n) is 3.77. The first-order valence-corrected chi connectivity index (χ1v) is 7.30. The third kappa shape index (κ3) is 2.48. The fraction of sp³-hybridized carbons (Fsp3) is 0.500. The van der Waals surface area contributed by atoms with Crippen molar-refractivity contribution in [1.82, 2.24) is 19.7 Å². The first-order chi connectivity index (χ1) is 9.86. The second-order valence-electron chi connectivity index (χ2n) is 6.65. The number of nitrogens with zero attached hydrogens (tertiary/aromatic N) is 4. The summed E-state index contributed by atoms with van der Waals surface area (Å²) in [5.74, 6) is 0.825. The highest BCUT2D eigenvalue weighted by atomic mass is 16.1. The van der Waals surface area contributed by atoms with Gasteiger partial charge in [-0.3, -0.25) is 9.48 Å². The number of fused-ring (bicyclic) bond motifs is 1. The molecule has 0 fully saturated rings. The van der Waals surface area contributed by atoms with Crippen LogP contribution in [0.4, 0.5) is 0 Å². The van der Waals surface area contributed by atoms with Gasteiger partial charge in [-0.15, -0.1) is 0 Å². The Kier molecular flexibility index (Phi) is 3.15. The molecule has 2 aromatic rings. The minimum absolute atomic E-state index is 0.0777. The van der Waals surface area contributed by atoms with Gasteiger partial charge in [-0.2, -0.15) is 5.10 Å². The van der Waals surface area contributed by atoms with Gasteiger partial charge in [-0.25, -0.2) is 9.97 Å². The Labute approximate surface area is 124 Å². The molecule has 1 aliphatic rings. The summed E-state index contributed by atoms with van der Waals surface area (Å²) < 4.78 is 1.80. The molecule has 0 aliphatic heterocycles. The van der Waals surface area contributed by atoms with Crippen LogP contribution in [0.15, 0.2) is 12.4 Å². The smallest absolute Gasteiger partial charge is 0.166 e. The Balaban J connectivity index is 2.12. The summed E-state index contributed by atoms with van der Waals surface area (Å²) in [5, 5.41) is 4.56. The van der Waals surface area contributed by atoms with E-state index in [1.54, 1.807) is 10.9 Å². The number of carbonyl (C=O) groups excluding carboxylic acids is 1. The predicted octanol–water partition coefficient (Wildman–Crippen LogP) is 2.69. The van der Waals surface area contributed by atoms with Gasteiger partial charge in [0.2, 0.25) is 0 Å². The number of carbonyl (C=O) groups is 1. The van der Waals surface area contributed by atoms with Crippen molar-refractivity contribution in [3.05, 3.63) is 29.3 Å². The Morgan fingerprint density at radius 3 is 2.67 bits per heavy atom. The van der Waals surface area contributed by atoms with E-state index in [1.165, 1.54) is 0 Å². The van der Waals surface area contributed by atoms with Crippen LogP contribution >= 0.6 is 0 Å². The Morgan fingerprint density at radius 2 is 1.95 bits per heavy atom. The molecule has 0 saturated carbocycles. The minimum Gasteiger partial charge on any atom is -0.294 e. The van der Waals surface area contributed by atoms with Crippen LogP contribution in [-0.2, 0) is 18.9 Å². The van der Waals surface area contributed by atoms with E-state index in [0.717, 1.165) is 29.8 Å². The Morgan fingerprint density at radius 1 is 1.19 bits per heavy atom. The zero-order valence-corrected chi connectivity index (χ0v) is 13.0. The monoisotopic (exact) mass is 284 g/mol. The lowest BCUT2D eigenvalue weighted by atomic mass is 9.89. The van der Waals surface area contributed by atoms with Gasteiger partial charge < -0.3 is 0 Å². The van der Waals surface area contributed by atoms with Crippen molar-refractivity contribution in [3.8, 4) is 11.4 Å². The number of hydrogen-bond donors (Lipinski definition) is 0. The first-order valence-electron chi connectivity index (χ1n) is 7.30. The highest BCUT2D eigenvalue weighted by Gasteiger charge is 2.26. The van der Waals surface area contributed by atoms with Gasteiger partial charge >= 0.3 is 0 Å². The van der Waals surface area contributed by atoms with Crippen LogP contribution in [0, 0.1) is 0 Å². The fourth-order valence-corrected chi connectivity index (χ4v) is 2.73. The molecule has 1 aliphatic carbocycles. The molecule has 0 amide bonds. The van der Waals surface area contributed by atoms with Crippen molar-refractivity contribution < 1.29 is 4.79 Å². The second kappa shape index (κ2) is 4.76. The highest BCUT2D eigenvalue weighted by Crippen LogP contribution is 2.31. The summed E-state index contributed by atoms with van der Waals surface area (Å²) in [6.45, 7) is 6.38. The molecule has 0 aromatic carbocycles. The third-order valence-corrected chi connectivity index (χ3v) is 3.77. The molecule has 0 unspecified atom stereocenters. The van der Waals surface area contributed by atoms with E-state index in [0.29, 0.717) is 17.8 Å². The molecule has 0 N–H and O–H groups in total. The lowest BCUT2D eigenvalue weighted by Gasteiger charge is -2.18. The normalized spacial score (nSPS) is 15.1. The molecule has 2 heterocycles. The first kappa shape index (κ1) is 13.9. The summed E-state index contributed by atoms with van der Waals surface area (Å²) in [5.41, 5.74) is 3.41. The number of aromatic nitrogens is 4. The SMILES string of the molecule is Cn1cc(-c2ncc3c(n2)CCCC3=O)c(C(C)(C)C)n1. The highest BCUT2D eigenvalue weighted by molar-refractivity contribution is 5.97. The number of ketones is 1. The summed E-state index contributed by atoms with van der Waals surface area (Å²) in [7, 11) is 1.90. The van der Waals surface area contributed by atoms with E-state index in [1.807, 2.05) is 13.2 Å². The van der Waals surface area contributed by atoms with Crippen molar-refractivity contribution in [2.45, 2.75) is 45.4 Å². The number of aryl methyl sites for hydroxylation is 2. The van der Waals surface area contributed by atoms with E-state index in [2.05, 4.69) is 35.8 Å². The molecule has 21 heavy (non-hydrogen) atoms. The molecule has 0 atom stereocenters. The number of Topliss-reactive ketones (excluding diaryl/α,β-unsaturated/α-hetero) is 1. The summed E-state index contributed by atoms with van der Waals surface area (Å²) in [6.07, 6.45) is 5.96. The summed E-state index contributed by atoms with van der Waals surface area (Å²) >= 11 is 0. The van der Waals surface area contributed by atoms with Crippen LogP contribution in [0.3, 0.4) is 0 Å². The van der Waals surface area contributed by atoms with Gasteiger partial charge in [-0.05, 0) is 12.8 Å². The van der Waals surface area contributed by atoms with Crippen molar-refractivity contribution in [3.63, 3.8) is 0 Å².